The van der Waals surface area contributed by atoms with Gasteiger partial charge >= 0.3 is 95.5 Å². The molecule has 27 unspecified atom stereocenters. The summed E-state index contributed by atoms with van der Waals surface area (Å²) in [5.41, 5.74) is 0.132. The van der Waals surface area contributed by atoms with Gasteiger partial charge in [-0.25, -0.2) is 47.9 Å². The molecule has 132 heavy (non-hydrogen) atoms. The molecular formula is C96H124O36. The van der Waals surface area contributed by atoms with E-state index in [9.17, 15) is 76.7 Å². The molecule has 0 aromatic heterocycles. The number of fused-ring (bicyclic) bond motifs is 6. The average molecular weight is 1850 g/mol. The first-order valence-corrected chi connectivity index (χ1v) is 46.1. The van der Waals surface area contributed by atoms with Crippen LogP contribution in [0.5, 0.6) is 0 Å². The summed E-state index contributed by atoms with van der Waals surface area (Å²) >= 11 is 0. The Morgan fingerprint density at radius 2 is 0.553 bits per heavy atom. The summed E-state index contributed by atoms with van der Waals surface area (Å²) < 4.78 is 106. The van der Waals surface area contributed by atoms with Crippen LogP contribution < -0.4 is 0 Å². The molecule has 24 fully saturated rings. The molecule has 24 bridgehead atoms. The molecule has 36 heteroatoms. The molecule has 0 spiro atoms. The summed E-state index contributed by atoms with van der Waals surface area (Å²) in [6.07, 6.45) is 20.3. The van der Waals surface area contributed by atoms with Gasteiger partial charge in [-0.05, 0) is 237 Å². The minimum Gasteiger partial charge on any atom is -0.462 e. The van der Waals surface area contributed by atoms with E-state index in [4.69, 9.17) is 94.7 Å². The van der Waals surface area contributed by atoms with Gasteiger partial charge in [-0.2, -0.15) is 0 Å². The van der Waals surface area contributed by atoms with E-state index in [0.717, 1.165) is 141 Å². The highest BCUT2D eigenvalue weighted by atomic mass is 16.7. The molecule has 24 aliphatic rings. The number of esters is 16. The Morgan fingerprint density at radius 3 is 0.932 bits per heavy atom. The first kappa shape index (κ1) is 99.3. The average Bonchev–Trinajstić information content (AvgIpc) is 1.61. The monoisotopic (exact) mass is 1850 g/mol. The molecule has 0 N–H and O–H groups in total. The lowest BCUT2D eigenvalue weighted by molar-refractivity contribution is -0.196. The lowest BCUT2D eigenvalue weighted by atomic mass is 9.65. The van der Waals surface area contributed by atoms with E-state index >= 15 is 0 Å². The fraction of sp³-hybridized carbons (Fsp3) is 0.708. The molecule has 12 saturated heterocycles. The van der Waals surface area contributed by atoms with Crippen molar-refractivity contribution in [2.45, 2.75) is 287 Å². The largest absolute Gasteiger partial charge is 0.462 e. The van der Waals surface area contributed by atoms with E-state index < -0.39 is 103 Å². The predicted octanol–water partition coefficient (Wildman–Crippen LogP) is 9.52. The summed E-state index contributed by atoms with van der Waals surface area (Å²) in [6.45, 7) is 27.5. The lowest BCUT2D eigenvalue weighted by Gasteiger charge is -2.45. The van der Waals surface area contributed by atoms with Crippen molar-refractivity contribution in [1.29, 1.82) is 0 Å². The lowest BCUT2D eigenvalue weighted by Crippen LogP contribution is -2.48. The van der Waals surface area contributed by atoms with Crippen molar-refractivity contribution in [2.75, 3.05) is 53.6 Å². The number of hydrogen-bond acceptors (Lipinski definition) is 36. The third-order valence-corrected chi connectivity index (χ3v) is 28.7. The Balaban J connectivity index is 0.000000135. The van der Waals surface area contributed by atoms with Gasteiger partial charge in [0.25, 0.3) is 0 Å². The highest BCUT2D eigenvalue weighted by molar-refractivity contribution is 5.91. The molecule has 12 aliphatic heterocycles. The Labute approximate surface area is 765 Å². The van der Waals surface area contributed by atoms with Gasteiger partial charge in [0.05, 0.1) is 46.7 Å². The van der Waals surface area contributed by atoms with E-state index in [1.807, 2.05) is 0 Å². The van der Waals surface area contributed by atoms with Gasteiger partial charge in [0.2, 0.25) is 0 Å². The molecule has 27 atom stereocenters. The van der Waals surface area contributed by atoms with Crippen molar-refractivity contribution in [3.05, 3.63) is 72.9 Å². The second-order valence-corrected chi connectivity index (χ2v) is 39.7. The molecular weight excluding hydrogens is 1730 g/mol. The topological polar surface area (TPSA) is 458 Å². The maximum absolute atomic E-state index is 12.0. The Bertz CT molecular complexity index is 4510. The summed E-state index contributed by atoms with van der Waals surface area (Å²) in [4.78, 5) is 186. The van der Waals surface area contributed by atoms with E-state index in [2.05, 4.69) is 39.5 Å². The van der Waals surface area contributed by atoms with Gasteiger partial charge in [0.15, 0.2) is 53.6 Å². The minimum atomic E-state index is -0.691. The van der Waals surface area contributed by atoms with Gasteiger partial charge in [0.1, 0.15) is 60.5 Å². The van der Waals surface area contributed by atoms with Crippen LogP contribution in [0.4, 0.5) is 0 Å². The maximum Gasteiger partial charge on any atom is 0.346 e. The van der Waals surface area contributed by atoms with Gasteiger partial charge in [0, 0.05) is 65.0 Å². The van der Waals surface area contributed by atoms with Crippen LogP contribution in [0.25, 0.3) is 0 Å². The Morgan fingerprint density at radius 1 is 0.273 bits per heavy atom. The molecule has 12 heterocycles. The van der Waals surface area contributed by atoms with Gasteiger partial charge in [-0.1, -0.05) is 39.5 Å². The second-order valence-electron chi connectivity index (χ2n) is 39.7. The fourth-order valence-corrected chi connectivity index (χ4v) is 23.6. The quantitative estimate of drug-likeness (QED) is 0.0304. The zero-order chi connectivity index (χ0) is 94.9. The van der Waals surface area contributed by atoms with Crippen molar-refractivity contribution >= 4 is 95.5 Å². The highest BCUT2D eigenvalue weighted by Gasteiger charge is 2.59. The molecule has 724 valence electrons. The van der Waals surface area contributed by atoms with Crippen LogP contribution in [0.3, 0.4) is 0 Å². The van der Waals surface area contributed by atoms with Crippen LogP contribution in [0, 0.1) is 88.8 Å². The molecule has 12 saturated carbocycles. The van der Waals surface area contributed by atoms with Crippen LogP contribution in [0.2, 0.25) is 0 Å². The third kappa shape index (κ3) is 25.4. The van der Waals surface area contributed by atoms with Crippen LogP contribution >= 0.6 is 0 Å². The van der Waals surface area contributed by atoms with Crippen LogP contribution in [-0.2, 0) is 171 Å². The summed E-state index contributed by atoms with van der Waals surface area (Å²) in [5.74, 6) is -3.51. The normalized spacial score (nSPS) is 35.6. The summed E-state index contributed by atoms with van der Waals surface area (Å²) in [7, 11) is 0. The molecule has 36 nitrogen and oxygen atoms in total. The van der Waals surface area contributed by atoms with E-state index in [1.165, 1.54) is 27.7 Å². The maximum atomic E-state index is 12.0. The molecule has 0 radical (unpaired) electrons. The standard InChI is InChI=1S/2C17H22O7.2C16H20O6.2C15H20O5/c1-10(2)15(19)21-8-14(18)22-9-23-17-5-11-3-12(6-17)16(20)24-13(4-11)7-17;1-9(2)16(19)21-7-14(18)22-8-23-15-11-3-10-4-12(6-11)17(20)24-13(15)5-10;1-9(2)14(18)20-8-13(17)22-16-5-10-3-11(6-16)15(19)21-12(4-10)7-16;1-8(2)15(18)20-7-13(17)22-14-10-3-9-4-11(6-10)16(19)21-12(14)5-9;1-9(2)13(16)18-8-19-15-5-10-3-11(6-15)14(17)20-12(4-10)7-15;1-8(2)14(16)19-7-18-13-10-3-9-4-11(6-10)15(17)20-12(13)5-9/h11-13H,1,3-9H2,2H3;10-13,15H,1,3-8H2,2H3;10-12H,1,3-8H2,2H3;9-12,14H,1,3-7H2,2H3;10-12H,1,3-8H2,2H3;9-13H,1,3-7H2,2H3. The Hall–Kier alpha value is -10.2. The number of carbonyl (C=O) groups excluding carboxylic acids is 16. The second kappa shape index (κ2) is 43.0. The van der Waals surface area contributed by atoms with Gasteiger partial charge < -0.3 is 94.7 Å². The first-order chi connectivity index (χ1) is 62.6. The number of hydrogen-bond donors (Lipinski definition) is 0. The van der Waals surface area contributed by atoms with Crippen molar-refractivity contribution in [3.8, 4) is 0 Å². The van der Waals surface area contributed by atoms with Gasteiger partial charge in [-0.15, -0.1) is 0 Å². The van der Waals surface area contributed by atoms with Crippen molar-refractivity contribution < 1.29 is 171 Å². The Kier molecular flexibility index (Phi) is 32.3. The minimum absolute atomic E-state index is 0.0172. The van der Waals surface area contributed by atoms with E-state index in [1.54, 1.807) is 13.8 Å². The third-order valence-electron chi connectivity index (χ3n) is 28.7. The summed E-state index contributed by atoms with van der Waals surface area (Å²) in [5, 5.41) is 0. The zero-order valence-corrected chi connectivity index (χ0v) is 76.0. The van der Waals surface area contributed by atoms with Crippen LogP contribution in [0.1, 0.15) is 215 Å². The number of ether oxygens (including phenoxy) is 20. The molecule has 0 amide bonds. The van der Waals surface area contributed by atoms with Crippen molar-refractivity contribution in [3.63, 3.8) is 0 Å². The van der Waals surface area contributed by atoms with Crippen LogP contribution in [0.15, 0.2) is 72.9 Å². The van der Waals surface area contributed by atoms with Crippen molar-refractivity contribution in [1.82, 2.24) is 0 Å². The number of rotatable bonds is 28. The van der Waals surface area contributed by atoms with Crippen LogP contribution in [-0.4, -0.2) is 221 Å². The molecule has 0 aromatic rings. The molecule has 0 aromatic carbocycles. The van der Waals surface area contributed by atoms with E-state index in [0.29, 0.717) is 84.7 Å². The fourth-order valence-electron chi connectivity index (χ4n) is 23.6. The summed E-state index contributed by atoms with van der Waals surface area (Å²) in [6, 6.07) is 0. The van der Waals surface area contributed by atoms with Crippen molar-refractivity contribution in [2.24, 2.45) is 88.8 Å². The van der Waals surface area contributed by atoms with E-state index in [-0.39, 0.29) is 187 Å². The number of carbonyl (C=O) groups is 16. The first-order valence-electron chi connectivity index (χ1n) is 46.1. The SMILES string of the molecule is C=C(C)C(=O)OCC(=O)OC12CC3CC(C1)OC(=O)C(C3)C2.C=C(C)C(=O)OCC(=O)OC1C2CC3CC(C2)C(=O)OC1C3.C=C(C)C(=O)OCC(=O)OCOC12CC3CC(C1)OC(=O)C(C3)C2.C=C(C)C(=O)OCC(=O)OCOC1C2CC3CC(C2)C(=O)OC1C3.C=C(C)C(=O)OCOC12CC3CC(C1)OC(=O)C(C3)C2.C=C(C)C(=O)OCOC1C2CC3CC(C2)C(=O)OC1C3. The highest BCUT2D eigenvalue weighted by Crippen LogP contribution is 2.56. The molecule has 24 rings (SSSR count). The predicted molar refractivity (Wildman–Crippen MR) is 449 cm³/mol. The smallest absolute Gasteiger partial charge is 0.346 e. The van der Waals surface area contributed by atoms with Gasteiger partial charge in [-0.3, -0.25) is 28.8 Å². The zero-order valence-electron chi connectivity index (χ0n) is 76.0. The molecule has 12 aliphatic carbocycles.